The molecule has 0 heterocycles. The Morgan fingerprint density at radius 3 is 2.19 bits per heavy atom. The van der Waals surface area contributed by atoms with Gasteiger partial charge in [-0.1, -0.05) is 49.3 Å². The third-order valence-electron chi connectivity index (χ3n) is 6.20. The zero-order chi connectivity index (χ0) is 31.8. The number of carbonyl (C=O) groups is 2. The second kappa shape index (κ2) is 14.2. The first kappa shape index (κ1) is 33.2. The van der Waals surface area contributed by atoms with Crippen LogP contribution in [0, 0.1) is 5.92 Å². The number of ether oxygens (including phenoxy) is 1. The Balaban J connectivity index is 1.90. The number of nitrogens with zero attached hydrogens (tertiary/aromatic N) is 1. The van der Waals surface area contributed by atoms with Gasteiger partial charge in [0.1, 0.15) is 17.5 Å². The monoisotopic (exact) mass is 598 g/mol. The number of carbonyl (C=O) groups excluding carboxylic acids is 1. The number of nitrogens with one attached hydrogen (secondary N) is 1. The molecule has 230 valence electrons. The summed E-state index contributed by atoms with van der Waals surface area (Å²) in [6, 6.07) is 17.1. The van der Waals surface area contributed by atoms with Gasteiger partial charge in [0, 0.05) is 17.7 Å². The SMILES string of the molecule is CC(C)CC(Oc1ccc(-c2ccc(C(F)(F)F)cc2)c(C=NOC(C)(C)C)c1)c1ccc(C(=O)NCCC(=O)O)cc1. The number of hydrogen-bond donors (Lipinski definition) is 2. The second-order valence-corrected chi connectivity index (χ2v) is 11.5. The zero-order valence-electron chi connectivity index (χ0n) is 24.9. The molecule has 1 amide bonds. The molecule has 7 nitrogen and oxygen atoms in total. The van der Waals surface area contributed by atoms with Gasteiger partial charge >= 0.3 is 12.1 Å². The molecule has 2 N–H and O–H groups in total. The highest BCUT2D eigenvalue weighted by atomic mass is 19.4. The lowest BCUT2D eigenvalue weighted by molar-refractivity contribution is -0.138. The van der Waals surface area contributed by atoms with Crippen LogP contribution in [0.1, 0.15) is 80.6 Å². The van der Waals surface area contributed by atoms with Gasteiger partial charge in [0.15, 0.2) is 0 Å². The molecule has 0 aliphatic heterocycles. The summed E-state index contributed by atoms with van der Waals surface area (Å²) in [6.45, 7) is 9.71. The van der Waals surface area contributed by atoms with E-state index in [0.29, 0.717) is 34.4 Å². The molecule has 43 heavy (non-hydrogen) atoms. The number of amides is 1. The molecule has 0 aliphatic rings. The second-order valence-electron chi connectivity index (χ2n) is 11.5. The van der Waals surface area contributed by atoms with Crippen LogP contribution < -0.4 is 10.1 Å². The van der Waals surface area contributed by atoms with Crippen LogP contribution in [0.2, 0.25) is 0 Å². The van der Waals surface area contributed by atoms with E-state index in [4.69, 9.17) is 14.7 Å². The molecule has 10 heteroatoms. The lowest BCUT2D eigenvalue weighted by Gasteiger charge is -2.22. The minimum atomic E-state index is -4.44. The fourth-order valence-corrected chi connectivity index (χ4v) is 4.14. The Kier molecular flexibility index (Phi) is 11.0. The van der Waals surface area contributed by atoms with Crippen LogP contribution in [0.3, 0.4) is 0 Å². The van der Waals surface area contributed by atoms with Gasteiger partial charge in [-0.05, 0) is 86.2 Å². The molecule has 1 unspecified atom stereocenters. The smallest absolute Gasteiger partial charge is 0.416 e. The number of carboxylic acid groups (broad SMARTS) is 1. The predicted molar refractivity (Wildman–Crippen MR) is 159 cm³/mol. The van der Waals surface area contributed by atoms with E-state index in [0.717, 1.165) is 17.7 Å². The van der Waals surface area contributed by atoms with E-state index in [1.807, 2.05) is 20.8 Å². The largest absolute Gasteiger partial charge is 0.486 e. The van der Waals surface area contributed by atoms with Crippen molar-refractivity contribution in [3.8, 4) is 16.9 Å². The maximum Gasteiger partial charge on any atom is 0.416 e. The Bertz CT molecular complexity index is 1410. The molecule has 0 spiro atoms. The van der Waals surface area contributed by atoms with Gasteiger partial charge < -0.3 is 20.0 Å². The van der Waals surface area contributed by atoms with Crippen molar-refractivity contribution in [3.63, 3.8) is 0 Å². The topological polar surface area (TPSA) is 97.2 Å². The van der Waals surface area contributed by atoms with Crippen LogP contribution in [0.15, 0.2) is 71.9 Å². The number of hydrogen-bond acceptors (Lipinski definition) is 5. The van der Waals surface area contributed by atoms with Crippen molar-refractivity contribution >= 4 is 18.1 Å². The maximum atomic E-state index is 13.1. The minimum Gasteiger partial charge on any atom is -0.486 e. The summed E-state index contributed by atoms with van der Waals surface area (Å²) in [5.74, 6) is -0.562. The number of halogens is 3. The summed E-state index contributed by atoms with van der Waals surface area (Å²) >= 11 is 0. The first-order chi connectivity index (χ1) is 20.1. The van der Waals surface area contributed by atoms with Crippen molar-refractivity contribution in [1.82, 2.24) is 5.32 Å². The zero-order valence-corrected chi connectivity index (χ0v) is 24.9. The van der Waals surface area contributed by atoms with Crippen molar-refractivity contribution in [3.05, 3.63) is 89.0 Å². The molecule has 0 saturated heterocycles. The molecule has 0 aromatic heterocycles. The van der Waals surface area contributed by atoms with Crippen molar-refractivity contribution in [2.24, 2.45) is 11.1 Å². The van der Waals surface area contributed by atoms with Gasteiger partial charge in [0.25, 0.3) is 5.91 Å². The summed E-state index contributed by atoms with van der Waals surface area (Å²) < 4.78 is 45.8. The van der Waals surface area contributed by atoms with E-state index in [9.17, 15) is 22.8 Å². The first-order valence-corrected chi connectivity index (χ1v) is 13.9. The molecule has 0 radical (unpaired) electrons. The number of aliphatic carboxylic acids is 1. The fraction of sp³-hybridized carbons (Fsp3) is 0.364. The fourth-order valence-electron chi connectivity index (χ4n) is 4.14. The van der Waals surface area contributed by atoms with Crippen LogP contribution in [0.25, 0.3) is 11.1 Å². The number of carboxylic acids is 1. The first-order valence-electron chi connectivity index (χ1n) is 13.9. The van der Waals surface area contributed by atoms with Gasteiger partial charge in [-0.25, -0.2) is 0 Å². The van der Waals surface area contributed by atoms with Crippen LogP contribution in [0.5, 0.6) is 5.75 Å². The van der Waals surface area contributed by atoms with E-state index in [-0.39, 0.29) is 30.9 Å². The normalized spacial score (nSPS) is 12.8. The average molecular weight is 599 g/mol. The molecular formula is C33H37F3N2O5. The highest BCUT2D eigenvalue weighted by molar-refractivity contribution is 5.94. The lowest BCUT2D eigenvalue weighted by Crippen LogP contribution is -2.26. The molecule has 0 saturated carbocycles. The van der Waals surface area contributed by atoms with Crippen molar-refractivity contribution < 1.29 is 37.4 Å². The Hall–Kier alpha value is -4.34. The predicted octanol–water partition coefficient (Wildman–Crippen LogP) is 7.89. The quantitative estimate of drug-likeness (QED) is 0.163. The summed E-state index contributed by atoms with van der Waals surface area (Å²) in [7, 11) is 0. The summed E-state index contributed by atoms with van der Waals surface area (Å²) in [6.07, 6.45) is -2.78. The van der Waals surface area contributed by atoms with Crippen molar-refractivity contribution in [2.75, 3.05) is 6.54 Å². The molecule has 0 aliphatic carbocycles. The van der Waals surface area contributed by atoms with E-state index in [1.54, 1.807) is 42.5 Å². The van der Waals surface area contributed by atoms with Gasteiger partial charge in [-0.2, -0.15) is 13.2 Å². The molecule has 3 rings (SSSR count). The van der Waals surface area contributed by atoms with E-state index >= 15 is 0 Å². The van der Waals surface area contributed by atoms with Crippen LogP contribution in [-0.2, 0) is 15.8 Å². The Labute approximate surface area is 249 Å². The van der Waals surface area contributed by atoms with Gasteiger partial charge in [-0.3, -0.25) is 9.59 Å². The number of oxime groups is 1. The van der Waals surface area contributed by atoms with E-state index < -0.39 is 23.3 Å². The number of alkyl halides is 3. The summed E-state index contributed by atoms with van der Waals surface area (Å²) in [4.78, 5) is 28.6. The van der Waals surface area contributed by atoms with E-state index in [1.165, 1.54) is 18.3 Å². The van der Waals surface area contributed by atoms with E-state index in [2.05, 4.69) is 24.3 Å². The maximum absolute atomic E-state index is 13.1. The minimum absolute atomic E-state index is 0.0316. The number of rotatable bonds is 12. The molecule has 3 aromatic carbocycles. The highest BCUT2D eigenvalue weighted by Gasteiger charge is 2.30. The summed E-state index contributed by atoms with van der Waals surface area (Å²) in [5.41, 5.74) is 1.79. The van der Waals surface area contributed by atoms with Crippen LogP contribution in [0.4, 0.5) is 13.2 Å². The summed E-state index contributed by atoms with van der Waals surface area (Å²) in [5, 5.41) is 15.5. The molecule has 3 aromatic rings. The Morgan fingerprint density at radius 1 is 0.977 bits per heavy atom. The highest BCUT2D eigenvalue weighted by Crippen LogP contribution is 2.34. The van der Waals surface area contributed by atoms with Crippen LogP contribution in [-0.4, -0.2) is 35.3 Å². The van der Waals surface area contributed by atoms with Crippen molar-refractivity contribution in [1.29, 1.82) is 0 Å². The molecule has 0 bridgehead atoms. The van der Waals surface area contributed by atoms with Gasteiger partial charge in [0.05, 0.1) is 18.2 Å². The Morgan fingerprint density at radius 2 is 1.63 bits per heavy atom. The lowest BCUT2D eigenvalue weighted by atomic mass is 9.97. The number of benzene rings is 3. The standard InChI is InChI=1S/C33H37F3N2O5/c1-21(2)18-29(23-6-8-24(9-7-23)31(41)37-17-16-30(39)40)42-27-14-15-28(25(19-27)20-38-43-32(3,4)5)22-10-12-26(13-11-22)33(34,35)36/h6-15,19-21,29H,16-18H2,1-5H3,(H,37,41)(H,39,40). The molecular weight excluding hydrogens is 561 g/mol. The third-order valence-corrected chi connectivity index (χ3v) is 6.20. The average Bonchev–Trinajstić information content (AvgIpc) is 2.91. The molecule has 0 fully saturated rings. The van der Waals surface area contributed by atoms with Crippen molar-refractivity contribution in [2.45, 2.75) is 65.3 Å². The van der Waals surface area contributed by atoms with Crippen LogP contribution >= 0.6 is 0 Å². The molecule has 1 atom stereocenters. The third kappa shape index (κ3) is 10.5. The van der Waals surface area contributed by atoms with Gasteiger partial charge in [-0.15, -0.1) is 0 Å². The van der Waals surface area contributed by atoms with Gasteiger partial charge in [0.2, 0.25) is 0 Å².